The van der Waals surface area contributed by atoms with Gasteiger partial charge in [-0.3, -0.25) is 0 Å². The van der Waals surface area contributed by atoms with Gasteiger partial charge in [0, 0.05) is 30.9 Å². The Kier molecular flexibility index (Phi) is 5.69. The van der Waals surface area contributed by atoms with Gasteiger partial charge in [0.25, 0.3) is 0 Å². The standard InChI is InChI=1S/C20H27N5O2/c1-26-17-7-3-2-6-16(17)18-14-25(11-12-27-18)19-8-10-22-20(24-19)23-15-5-4-9-21-13-15/h2-3,6-8,10,15,18,21H,4-5,9,11-14H2,1H3,(H,22,23,24). The van der Waals surface area contributed by atoms with Crippen molar-refractivity contribution in [2.24, 2.45) is 0 Å². The van der Waals surface area contributed by atoms with E-state index < -0.39 is 0 Å². The summed E-state index contributed by atoms with van der Waals surface area (Å²) in [6, 6.07) is 10.4. The van der Waals surface area contributed by atoms with E-state index in [0.717, 1.165) is 49.7 Å². The molecule has 2 unspecified atom stereocenters. The van der Waals surface area contributed by atoms with Crippen LogP contribution in [0.4, 0.5) is 11.8 Å². The molecular formula is C20H27N5O2. The van der Waals surface area contributed by atoms with E-state index in [4.69, 9.17) is 14.5 Å². The molecule has 0 amide bonds. The minimum Gasteiger partial charge on any atom is -0.496 e. The van der Waals surface area contributed by atoms with Gasteiger partial charge in [0.15, 0.2) is 0 Å². The van der Waals surface area contributed by atoms with Gasteiger partial charge < -0.3 is 25.0 Å². The highest BCUT2D eigenvalue weighted by atomic mass is 16.5. The third-order valence-corrected chi connectivity index (χ3v) is 5.15. The molecule has 4 rings (SSSR count). The highest BCUT2D eigenvalue weighted by molar-refractivity contribution is 5.45. The molecule has 2 atom stereocenters. The number of hydrogen-bond donors (Lipinski definition) is 2. The van der Waals surface area contributed by atoms with E-state index in [-0.39, 0.29) is 6.10 Å². The van der Waals surface area contributed by atoms with Gasteiger partial charge in [-0.1, -0.05) is 18.2 Å². The second-order valence-corrected chi connectivity index (χ2v) is 6.97. The van der Waals surface area contributed by atoms with Crippen molar-refractivity contribution in [2.75, 3.05) is 50.1 Å². The molecule has 0 spiro atoms. The lowest BCUT2D eigenvalue weighted by atomic mass is 10.1. The van der Waals surface area contributed by atoms with Gasteiger partial charge in [0.2, 0.25) is 5.95 Å². The van der Waals surface area contributed by atoms with E-state index in [2.05, 4.69) is 26.6 Å². The fourth-order valence-electron chi connectivity index (χ4n) is 3.73. The molecule has 2 aliphatic heterocycles. The Labute approximate surface area is 160 Å². The molecule has 2 fully saturated rings. The molecule has 0 saturated carbocycles. The first-order valence-electron chi connectivity index (χ1n) is 9.63. The molecular weight excluding hydrogens is 342 g/mol. The molecule has 0 radical (unpaired) electrons. The van der Waals surface area contributed by atoms with Gasteiger partial charge in [-0.2, -0.15) is 4.98 Å². The number of para-hydroxylation sites is 1. The molecule has 1 aromatic carbocycles. The highest BCUT2D eigenvalue weighted by Gasteiger charge is 2.25. The normalized spacial score (nSPS) is 23.1. The quantitative estimate of drug-likeness (QED) is 0.837. The maximum atomic E-state index is 6.02. The van der Waals surface area contributed by atoms with Crippen LogP contribution in [0.1, 0.15) is 24.5 Å². The molecule has 144 valence electrons. The number of aromatic nitrogens is 2. The number of nitrogens with zero attached hydrogens (tertiary/aromatic N) is 3. The van der Waals surface area contributed by atoms with Gasteiger partial charge >= 0.3 is 0 Å². The van der Waals surface area contributed by atoms with Crippen molar-refractivity contribution < 1.29 is 9.47 Å². The average molecular weight is 369 g/mol. The maximum Gasteiger partial charge on any atom is 0.224 e. The second-order valence-electron chi connectivity index (χ2n) is 6.97. The zero-order valence-electron chi connectivity index (χ0n) is 15.7. The van der Waals surface area contributed by atoms with Crippen LogP contribution in [0.5, 0.6) is 5.75 Å². The lowest BCUT2D eigenvalue weighted by Gasteiger charge is -2.34. The van der Waals surface area contributed by atoms with Crippen molar-refractivity contribution in [1.29, 1.82) is 0 Å². The largest absolute Gasteiger partial charge is 0.496 e. The fraction of sp³-hybridized carbons (Fsp3) is 0.500. The van der Waals surface area contributed by atoms with E-state index in [1.807, 2.05) is 30.5 Å². The van der Waals surface area contributed by atoms with E-state index >= 15 is 0 Å². The first kappa shape index (κ1) is 18.0. The summed E-state index contributed by atoms with van der Waals surface area (Å²) >= 11 is 0. The Balaban J connectivity index is 1.47. The highest BCUT2D eigenvalue weighted by Crippen LogP contribution is 2.31. The van der Waals surface area contributed by atoms with Crippen LogP contribution < -0.4 is 20.3 Å². The van der Waals surface area contributed by atoms with Gasteiger partial charge in [-0.25, -0.2) is 4.98 Å². The average Bonchev–Trinajstić information content (AvgIpc) is 2.75. The van der Waals surface area contributed by atoms with Crippen LogP contribution >= 0.6 is 0 Å². The second kappa shape index (κ2) is 8.54. The van der Waals surface area contributed by atoms with Crippen molar-refractivity contribution in [1.82, 2.24) is 15.3 Å². The summed E-state index contributed by atoms with van der Waals surface area (Å²) in [6.07, 6.45) is 4.12. The molecule has 2 saturated heterocycles. The van der Waals surface area contributed by atoms with Crippen molar-refractivity contribution in [3.63, 3.8) is 0 Å². The maximum absolute atomic E-state index is 6.02. The summed E-state index contributed by atoms with van der Waals surface area (Å²) in [4.78, 5) is 11.4. The van der Waals surface area contributed by atoms with Gasteiger partial charge in [-0.05, 0) is 31.5 Å². The van der Waals surface area contributed by atoms with Gasteiger partial charge in [0.05, 0.1) is 20.3 Å². The topological polar surface area (TPSA) is 71.5 Å². The fourth-order valence-corrected chi connectivity index (χ4v) is 3.73. The molecule has 2 aliphatic rings. The number of nitrogens with one attached hydrogen (secondary N) is 2. The third kappa shape index (κ3) is 4.31. The first-order chi connectivity index (χ1) is 13.3. The summed E-state index contributed by atoms with van der Waals surface area (Å²) < 4.78 is 11.5. The zero-order valence-corrected chi connectivity index (χ0v) is 15.7. The van der Waals surface area contributed by atoms with Crippen molar-refractivity contribution >= 4 is 11.8 Å². The van der Waals surface area contributed by atoms with Crippen molar-refractivity contribution in [2.45, 2.75) is 25.0 Å². The number of benzene rings is 1. The van der Waals surface area contributed by atoms with Crippen LogP contribution in [0.3, 0.4) is 0 Å². The monoisotopic (exact) mass is 369 g/mol. The lowest BCUT2D eigenvalue weighted by molar-refractivity contribution is 0.0380. The number of rotatable bonds is 5. The number of piperidine rings is 1. The predicted octanol–water partition coefficient (Wildman–Crippen LogP) is 2.23. The first-order valence-corrected chi connectivity index (χ1v) is 9.63. The molecule has 7 nitrogen and oxygen atoms in total. The molecule has 3 heterocycles. The SMILES string of the molecule is COc1ccccc1C1CN(c2ccnc(NC3CCCNC3)n2)CCO1. The summed E-state index contributed by atoms with van der Waals surface area (Å²) in [5, 5.41) is 6.87. The number of morpholine rings is 1. The van der Waals surface area contributed by atoms with Crippen LogP contribution in [0, 0.1) is 0 Å². The molecule has 27 heavy (non-hydrogen) atoms. The smallest absolute Gasteiger partial charge is 0.224 e. The lowest BCUT2D eigenvalue weighted by Crippen LogP contribution is -2.40. The Morgan fingerprint density at radius 3 is 3.07 bits per heavy atom. The minimum absolute atomic E-state index is 0.0381. The summed E-state index contributed by atoms with van der Waals surface area (Å²) in [5.74, 6) is 2.49. The van der Waals surface area contributed by atoms with Crippen LogP contribution in [0.15, 0.2) is 36.5 Å². The number of anilines is 2. The Bertz CT molecular complexity index is 751. The molecule has 7 heteroatoms. The predicted molar refractivity (Wildman–Crippen MR) is 105 cm³/mol. The summed E-state index contributed by atoms with van der Waals surface area (Å²) in [6.45, 7) is 4.26. The van der Waals surface area contributed by atoms with Gasteiger partial charge in [-0.15, -0.1) is 0 Å². The molecule has 2 aromatic rings. The van der Waals surface area contributed by atoms with Crippen LogP contribution in [-0.2, 0) is 4.74 Å². The van der Waals surface area contributed by atoms with Crippen molar-refractivity contribution in [3.05, 3.63) is 42.1 Å². The van der Waals surface area contributed by atoms with Crippen LogP contribution in [0.2, 0.25) is 0 Å². The Hall–Kier alpha value is -2.38. The Morgan fingerprint density at radius 2 is 2.22 bits per heavy atom. The van der Waals surface area contributed by atoms with Crippen LogP contribution in [-0.4, -0.2) is 55.9 Å². The third-order valence-electron chi connectivity index (χ3n) is 5.15. The zero-order chi connectivity index (χ0) is 18.5. The van der Waals surface area contributed by atoms with E-state index in [9.17, 15) is 0 Å². The number of ether oxygens (including phenoxy) is 2. The van der Waals surface area contributed by atoms with Gasteiger partial charge in [0.1, 0.15) is 17.7 Å². The molecule has 0 aliphatic carbocycles. The summed E-state index contributed by atoms with van der Waals surface area (Å²) in [5.41, 5.74) is 1.07. The number of hydrogen-bond acceptors (Lipinski definition) is 7. The number of methoxy groups -OCH3 is 1. The Morgan fingerprint density at radius 1 is 1.30 bits per heavy atom. The van der Waals surface area contributed by atoms with Crippen LogP contribution in [0.25, 0.3) is 0 Å². The van der Waals surface area contributed by atoms with E-state index in [1.165, 1.54) is 6.42 Å². The van der Waals surface area contributed by atoms with E-state index in [1.54, 1.807) is 7.11 Å². The molecule has 2 N–H and O–H groups in total. The van der Waals surface area contributed by atoms with E-state index in [0.29, 0.717) is 18.6 Å². The summed E-state index contributed by atoms with van der Waals surface area (Å²) in [7, 11) is 1.70. The molecule has 1 aromatic heterocycles. The molecule has 0 bridgehead atoms. The minimum atomic E-state index is -0.0381. The van der Waals surface area contributed by atoms with Crippen molar-refractivity contribution in [3.8, 4) is 5.75 Å².